The number of nitrogens with one attached hydrogen (secondary N) is 1. The van der Waals surface area contributed by atoms with Gasteiger partial charge in [0.1, 0.15) is 0 Å². The summed E-state index contributed by atoms with van der Waals surface area (Å²) in [7, 11) is 3.37. The zero-order chi connectivity index (χ0) is 8.85. The van der Waals surface area contributed by atoms with Crippen LogP contribution in [0.3, 0.4) is 0 Å². The minimum Gasteiger partial charge on any atom is -0.367 e. The van der Waals surface area contributed by atoms with E-state index < -0.39 is 0 Å². The molecule has 0 saturated heterocycles. The molecule has 0 aromatic heterocycles. The van der Waals surface area contributed by atoms with Gasteiger partial charge in [-0.2, -0.15) is 0 Å². The molecule has 11 heavy (non-hydrogen) atoms. The molecule has 0 amide bonds. The topological polar surface area (TPSA) is 82.9 Å². The van der Waals surface area contributed by atoms with Gasteiger partial charge in [0.05, 0.1) is 0 Å². The average Bonchev–Trinajstić information content (AvgIpc) is 1.87. The highest BCUT2D eigenvalue weighted by atomic mass is 15.7. The molecule has 66 valence electrons. The summed E-state index contributed by atoms with van der Waals surface area (Å²) >= 11 is 0. The molecule has 0 unspecified atom stereocenters. The van der Waals surface area contributed by atoms with Gasteiger partial charge in [-0.3, -0.25) is 5.01 Å². The largest absolute Gasteiger partial charge is 0.367 e. The Bertz CT molecular complexity index is 131. The van der Waals surface area contributed by atoms with Crippen molar-refractivity contribution in [2.45, 2.75) is 6.92 Å². The summed E-state index contributed by atoms with van der Waals surface area (Å²) in [5.74, 6) is 5.56. The van der Waals surface area contributed by atoms with Gasteiger partial charge in [0.15, 0.2) is 0 Å². The number of nitrogens with zero attached hydrogens (tertiary/aromatic N) is 3. The fourth-order valence-corrected chi connectivity index (χ4v) is 0.488. The molecule has 0 aliphatic rings. The lowest BCUT2D eigenvalue weighted by Crippen LogP contribution is -2.42. The molecule has 0 aromatic rings. The molecule has 0 atom stereocenters. The molecule has 6 heteroatoms. The molecular formula is C5H16N6. The van der Waals surface area contributed by atoms with Crippen LogP contribution in [0.25, 0.3) is 0 Å². The molecule has 0 aliphatic carbocycles. The quantitative estimate of drug-likeness (QED) is 0.202. The number of guanidine groups is 1. The minimum atomic E-state index is 0.258. The van der Waals surface area contributed by atoms with Crippen LogP contribution in [0.5, 0.6) is 0 Å². The second-order valence-corrected chi connectivity index (χ2v) is 2.10. The predicted octanol–water partition coefficient (Wildman–Crippen LogP) is -1.52. The second-order valence-electron chi connectivity index (χ2n) is 2.10. The van der Waals surface area contributed by atoms with E-state index in [0.29, 0.717) is 0 Å². The van der Waals surface area contributed by atoms with Crippen molar-refractivity contribution in [2.24, 2.45) is 16.7 Å². The SMILES string of the molecule is CCNN(C)/N=C(\N)N(C)N. The van der Waals surface area contributed by atoms with Crippen molar-refractivity contribution < 1.29 is 0 Å². The van der Waals surface area contributed by atoms with E-state index in [1.807, 2.05) is 6.92 Å². The summed E-state index contributed by atoms with van der Waals surface area (Å²) < 4.78 is 0. The summed E-state index contributed by atoms with van der Waals surface area (Å²) in [6, 6.07) is 0. The summed E-state index contributed by atoms with van der Waals surface area (Å²) in [4.78, 5) is 0. The Morgan fingerprint density at radius 2 is 2.09 bits per heavy atom. The number of hydrazine groups is 2. The highest BCUT2D eigenvalue weighted by molar-refractivity contribution is 5.76. The molecular weight excluding hydrogens is 144 g/mol. The maximum atomic E-state index is 5.42. The van der Waals surface area contributed by atoms with E-state index in [-0.39, 0.29) is 5.96 Å². The molecule has 0 heterocycles. The molecule has 5 N–H and O–H groups in total. The van der Waals surface area contributed by atoms with Crippen molar-refractivity contribution in [3.63, 3.8) is 0 Å². The maximum Gasteiger partial charge on any atom is 0.229 e. The van der Waals surface area contributed by atoms with E-state index in [0.717, 1.165) is 6.54 Å². The monoisotopic (exact) mass is 160 g/mol. The van der Waals surface area contributed by atoms with E-state index >= 15 is 0 Å². The van der Waals surface area contributed by atoms with E-state index in [2.05, 4.69) is 10.5 Å². The highest BCUT2D eigenvalue weighted by Crippen LogP contribution is 1.77. The molecule has 0 spiro atoms. The van der Waals surface area contributed by atoms with Crippen molar-refractivity contribution in [2.75, 3.05) is 20.6 Å². The number of hydrogen-bond donors (Lipinski definition) is 3. The Morgan fingerprint density at radius 1 is 1.55 bits per heavy atom. The Labute approximate surface area is 66.8 Å². The van der Waals surface area contributed by atoms with Crippen molar-refractivity contribution in [3.8, 4) is 0 Å². The first-order valence-electron chi connectivity index (χ1n) is 3.37. The van der Waals surface area contributed by atoms with Gasteiger partial charge in [-0.15, -0.1) is 5.10 Å². The van der Waals surface area contributed by atoms with Crippen LogP contribution in [0.4, 0.5) is 0 Å². The van der Waals surface area contributed by atoms with Crippen LogP contribution < -0.4 is 17.0 Å². The van der Waals surface area contributed by atoms with Crippen LogP contribution in [0.1, 0.15) is 6.92 Å². The van der Waals surface area contributed by atoms with Crippen LogP contribution in [0.2, 0.25) is 0 Å². The lowest BCUT2D eigenvalue weighted by atomic mass is 10.8. The average molecular weight is 160 g/mol. The van der Waals surface area contributed by atoms with Crippen molar-refractivity contribution in [1.82, 2.24) is 15.6 Å². The normalized spacial score (nSPS) is 11.5. The van der Waals surface area contributed by atoms with Gasteiger partial charge in [0.25, 0.3) is 0 Å². The minimum absolute atomic E-state index is 0.258. The van der Waals surface area contributed by atoms with Gasteiger partial charge < -0.3 is 5.73 Å². The van der Waals surface area contributed by atoms with Gasteiger partial charge in [0, 0.05) is 20.6 Å². The summed E-state index contributed by atoms with van der Waals surface area (Å²) in [5, 5.41) is 6.64. The lowest BCUT2D eigenvalue weighted by Gasteiger charge is -2.16. The first-order valence-corrected chi connectivity index (χ1v) is 3.37. The van der Waals surface area contributed by atoms with E-state index in [9.17, 15) is 0 Å². The summed E-state index contributed by atoms with van der Waals surface area (Å²) in [6.07, 6.45) is 0. The van der Waals surface area contributed by atoms with Gasteiger partial charge in [-0.25, -0.2) is 16.4 Å². The first-order chi connectivity index (χ1) is 5.07. The van der Waals surface area contributed by atoms with E-state index in [1.165, 1.54) is 10.1 Å². The van der Waals surface area contributed by atoms with Crippen LogP contribution in [0.15, 0.2) is 5.10 Å². The molecule has 0 rings (SSSR count). The number of nitrogens with two attached hydrogens (primary N) is 2. The zero-order valence-corrected chi connectivity index (χ0v) is 7.20. The summed E-state index contributed by atoms with van der Waals surface area (Å²) in [5.41, 5.74) is 8.33. The predicted molar refractivity (Wildman–Crippen MR) is 45.0 cm³/mol. The number of rotatable bonds is 3. The third kappa shape index (κ3) is 4.40. The van der Waals surface area contributed by atoms with Gasteiger partial charge in [0.2, 0.25) is 5.96 Å². The van der Waals surface area contributed by atoms with Crippen molar-refractivity contribution in [3.05, 3.63) is 0 Å². The fraction of sp³-hybridized carbons (Fsp3) is 0.800. The maximum absolute atomic E-state index is 5.42. The van der Waals surface area contributed by atoms with Gasteiger partial charge in [-0.1, -0.05) is 6.92 Å². The van der Waals surface area contributed by atoms with Crippen molar-refractivity contribution in [1.29, 1.82) is 0 Å². The van der Waals surface area contributed by atoms with Gasteiger partial charge >= 0.3 is 0 Å². The first kappa shape index (κ1) is 9.99. The molecule has 0 saturated carbocycles. The summed E-state index contributed by atoms with van der Waals surface area (Å²) in [6.45, 7) is 2.76. The van der Waals surface area contributed by atoms with Crippen LogP contribution >= 0.6 is 0 Å². The Hall–Kier alpha value is -1.01. The van der Waals surface area contributed by atoms with Gasteiger partial charge in [-0.05, 0) is 0 Å². The molecule has 0 aromatic carbocycles. The molecule has 6 nitrogen and oxygen atoms in total. The van der Waals surface area contributed by atoms with Crippen LogP contribution in [-0.4, -0.2) is 36.7 Å². The Balaban J connectivity index is 3.86. The lowest BCUT2D eigenvalue weighted by molar-refractivity contribution is 0.248. The van der Waals surface area contributed by atoms with E-state index in [1.54, 1.807) is 14.1 Å². The smallest absolute Gasteiger partial charge is 0.229 e. The standard InChI is InChI=1S/C5H16N6/c1-4-8-11(3)9-5(6)10(2)7/h8H,4,7H2,1-3H3,(H2,6,9). The fourth-order valence-electron chi connectivity index (χ4n) is 0.488. The molecule has 0 aliphatic heterocycles. The van der Waals surface area contributed by atoms with Crippen LogP contribution in [-0.2, 0) is 0 Å². The Kier molecular flexibility index (Phi) is 4.32. The van der Waals surface area contributed by atoms with Crippen molar-refractivity contribution >= 4 is 5.96 Å². The highest BCUT2D eigenvalue weighted by Gasteiger charge is 1.95. The van der Waals surface area contributed by atoms with E-state index in [4.69, 9.17) is 11.6 Å². The third-order valence-corrected chi connectivity index (χ3v) is 1.00. The Morgan fingerprint density at radius 3 is 2.45 bits per heavy atom. The van der Waals surface area contributed by atoms with Crippen LogP contribution in [0, 0.1) is 0 Å². The molecule has 0 fully saturated rings. The number of hydrazone groups is 1. The molecule has 0 bridgehead atoms. The number of hydrogen-bond acceptors (Lipinski definition) is 4. The third-order valence-electron chi connectivity index (χ3n) is 1.00. The molecule has 0 radical (unpaired) electrons. The zero-order valence-electron chi connectivity index (χ0n) is 7.20. The second kappa shape index (κ2) is 4.75.